The maximum absolute atomic E-state index is 12.9. The Hall–Kier alpha value is -2.16. The Kier molecular flexibility index (Phi) is 5.16. The molecule has 4 aliphatic rings. The summed E-state index contributed by atoms with van der Waals surface area (Å²) in [6, 6.07) is 10.3. The molecule has 1 aliphatic carbocycles. The molecule has 5 rings (SSSR count). The molecule has 1 N–H and O–H groups in total. The summed E-state index contributed by atoms with van der Waals surface area (Å²) in [6.45, 7) is 5.85. The summed E-state index contributed by atoms with van der Waals surface area (Å²) < 4.78 is 10.4. The number of ether oxygens (including phenoxy) is 2. The summed E-state index contributed by atoms with van der Waals surface area (Å²) in [7, 11) is 0. The normalized spacial score (nSPS) is 33.9. The lowest BCUT2D eigenvalue weighted by molar-refractivity contribution is -0.131. The summed E-state index contributed by atoms with van der Waals surface area (Å²) in [4.78, 5) is 30.2. The molecule has 3 saturated heterocycles. The van der Waals surface area contributed by atoms with E-state index in [0.29, 0.717) is 32.2 Å². The Bertz CT molecular complexity index is 799. The predicted molar refractivity (Wildman–Crippen MR) is 108 cm³/mol. The topological polar surface area (TPSA) is 82.5 Å². The number of benzene rings is 1. The van der Waals surface area contributed by atoms with E-state index in [1.54, 1.807) is 4.90 Å². The standard InChI is InChI=1S/C22H29N3O5/c26-18-13-25(19(27)14-24-8-11-30-21(24)28)15-22(18)17(12-23-6-9-29-10-7-23)20(22)16-4-2-1-3-5-16/h1-5,17-18,20,26H,6-15H2/t17-,18+,20-,22-/m1/s1. The quantitative estimate of drug-likeness (QED) is 0.749. The number of likely N-dealkylation sites (tertiary alicyclic amines) is 1. The number of amides is 2. The highest BCUT2D eigenvalue weighted by molar-refractivity contribution is 5.83. The van der Waals surface area contributed by atoms with Crippen molar-refractivity contribution in [1.29, 1.82) is 0 Å². The SMILES string of the molecule is O=C(CN1CCOC1=O)N1C[C@H](O)[C@@]2(C1)[C@H](CN1CCOCC1)[C@H]2c1ccccc1. The lowest BCUT2D eigenvalue weighted by atomic mass is 9.95. The summed E-state index contributed by atoms with van der Waals surface area (Å²) >= 11 is 0. The van der Waals surface area contributed by atoms with Crippen LogP contribution in [-0.4, -0.2) is 104 Å². The number of aliphatic hydroxyl groups excluding tert-OH is 1. The summed E-state index contributed by atoms with van der Waals surface area (Å²) in [6.07, 6.45) is -1.00. The average Bonchev–Trinajstić information content (AvgIpc) is 2.99. The van der Waals surface area contributed by atoms with Gasteiger partial charge in [-0.05, 0) is 17.4 Å². The molecule has 2 amide bonds. The molecule has 3 heterocycles. The molecule has 30 heavy (non-hydrogen) atoms. The fourth-order valence-electron chi connectivity index (χ4n) is 5.65. The van der Waals surface area contributed by atoms with Gasteiger partial charge in [0.05, 0.1) is 25.9 Å². The highest BCUT2D eigenvalue weighted by Crippen LogP contribution is 2.69. The smallest absolute Gasteiger partial charge is 0.410 e. The van der Waals surface area contributed by atoms with Crippen LogP contribution in [0.1, 0.15) is 11.5 Å². The van der Waals surface area contributed by atoms with Gasteiger partial charge in [0, 0.05) is 38.1 Å². The van der Waals surface area contributed by atoms with Crippen molar-refractivity contribution in [2.24, 2.45) is 11.3 Å². The molecule has 1 aromatic rings. The van der Waals surface area contributed by atoms with E-state index in [1.165, 1.54) is 10.5 Å². The first-order valence-corrected chi connectivity index (χ1v) is 10.8. The third-order valence-electron chi connectivity index (χ3n) is 7.28. The van der Waals surface area contributed by atoms with Crippen LogP contribution >= 0.6 is 0 Å². The number of rotatable bonds is 5. The van der Waals surface area contributed by atoms with Crippen molar-refractivity contribution >= 4 is 12.0 Å². The van der Waals surface area contributed by atoms with E-state index in [0.717, 1.165) is 32.8 Å². The van der Waals surface area contributed by atoms with Gasteiger partial charge in [0.25, 0.3) is 0 Å². The average molecular weight is 415 g/mol. The van der Waals surface area contributed by atoms with Gasteiger partial charge in [0.15, 0.2) is 0 Å². The van der Waals surface area contributed by atoms with Gasteiger partial charge in [0.1, 0.15) is 13.2 Å². The maximum atomic E-state index is 12.9. The zero-order chi connectivity index (χ0) is 20.7. The number of nitrogens with zero attached hydrogens (tertiary/aromatic N) is 3. The van der Waals surface area contributed by atoms with E-state index < -0.39 is 12.2 Å². The van der Waals surface area contributed by atoms with Crippen molar-refractivity contribution < 1.29 is 24.2 Å². The van der Waals surface area contributed by atoms with Crippen LogP contribution in [0.4, 0.5) is 4.79 Å². The van der Waals surface area contributed by atoms with Gasteiger partial charge in [-0.1, -0.05) is 30.3 Å². The van der Waals surface area contributed by atoms with Gasteiger partial charge in [-0.3, -0.25) is 14.6 Å². The van der Waals surface area contributed by atoms with E-state index in [9.17, 15) is 14.7 Å². The zero-order valence-electron chi connectivity index (χ0n) is 17.1. The molecular weight excluding hydrogens is 386 g/mol. The molecule has 4 fully saturated rings. The third-order valence-corrected chi connectivity index (χ3v) is 7.28. The molecule has 0 radical (unpaired) electrons. The first kappa shape index (κ1) is 19.8. The van der Waals surface area contributed by atoms with Crippen molar-refractivity contribution in [2.45, 2.75) is 12.0 Å². The van der Waals surface area contributed by atoms with Crippen molar-refractivity contribution in [3.8, 4) is 0 Å². The summed E-state index contributed by atoms with van der Waals surface area (Å²) in [5.74, 6) is 0.405. The van der Waals surface area contributed by atoms with Gasteiger partial charge in [-0.15, -0.1) is 0 Å². The van der Waals surface area contributed by atoms with Crippen LogP contribution in [0.2, 0.25) is 0 Å². The molecule has 8 heteroatoms. The van der Waals surface area contributed by atoms with Crippen LogP contribution in [0.5, 0.6) is 0 Å². The number of cyclic esters (lactones) is 1. The Balaban J connectivity index is 1.33. The monoisotopic (exact) mass is 415 g/mol. The minimum absolute atomic E-state index is 0.0196. The molecular formula is C22H29N3O5. The van der Waals surface area contributed by atoms with Crippen LogP contribution in [-0.2, 0) is 14.3 Å². The predicted octanol–water partition coefficient (Wildman–Crippen LogP) is 0.374. The van der Waals surface area contributed by atoms with Crippen molar-refractivity contribution in [3.05, 3.63) is 35.9 Å². The second-order valence-electron chi connectivity index (χ2n) is 8.85. The van der Waals surface area contributed by atoms with E-state index >= 15 is 0 Å². The van der Waals surface area contributed by atoms with E-state index in [1.807, 2.05) is 18.2 Å². The van der Waals surface area contributed by atoms with Crippen LogP contribution in [0, 0.1) is 11.3 Å². The number of carbonyl (C=O) groups is 2. The van der Waals surface area contributed by atoms with Gasteiger partial charge in [-0.2, -0.15) is 0 Å². The minimum Gasteiger partial charge on any atom is -0.448 e. The van der Waals surface area contributed by atoms with Crippen molar-refractivity contribution in [2.75, 3.05) is 65.6 Å². The van der Waals surface area contributed by atoms with Crippen LogP contribution in [0.25, 0.3) is 0 Å². The largest absolute Gasteiger partial charge is 0.448 e. The van der Waals surface area contributed by atoms with E-state index in [-0.39, 0.29) is 23.8 Å². The van der Waals surface area contributed by atoms with Crippen LogP contribution < -0.4 is 0 Å². The lowest BCUT2D eigenvalue weighted by Crippen LogP contribution is -2.40. The lowest BCUT2D eigenvalue weighted by Gasteiger charge is -2.27. The first-order valence-electron chi connectivity index (χ1n) is 10.8. The molecule has 0 aromatic heterocycles. The molecule has 8 nitrogen and oxygen atoms in total. The van der Waals surface area contributed by atoms with E-state index in [4.69, 9.17) is 9.47 Å². The van der Waals surface area contributed by atoms with Crippen molar-refractivity contribution in [1.82, 2.24) is 14.7 Å². The van der Waals surface area contributed by atoms with Gasteiger partial charge >= 0.3 is 6.09 Å². The molecule has 1 spiro atoms. The second kappa shape index (κ2) is 7.83. The third kappa shape index (κ3) is 3.36. The number of aliphatic hydroxyl groups is 1. The van der Waals surface area contributed by atoms with E-state index in [2.05, 4.69) is 17.0 Å². The van der Waals surface area contributed by atoms with Gasteiger partial charge < -0.3 is 19.5 Å². The molecule has 1 aromatic carbocycles. The number of β-amino-alcohol motifs (C(OH)–C–C–N with tert-alkyl or cyclic N) is 1. The number of hydrogen-bond acceptors (Lipinski definition) is 6. The Morgan fingerprint density at radius 1 is 1.13 bits per heavy atom. The fourth-order valence-corrected chi connectivity index (χ4v) is 5.65. The molecule has 0 bridgehead atoms. The van der Waals surface area contributed by atoms with Crippen LogP contribution in [0.15, 0.2) is 30.3 Å². The molecule has 162 valence electrons. The number of carbonyl (C=O) groups excluding carboxylic acids is 2. The summed E-state index contributed by atoms with van der Waals surface area (Å²) in [5.41, 5.74) is 0.910. The highest BCUT2D eigenvalue weighted by Gasteiger charge is 2.71. The summed E-state index contributed by atoms with van der Waals surface area (Å²) in [5, 5.41) is 11.1. The Morgan fingerprint density at radius 2 is 1.90 bits per heavy atom. The second-order valence-corrected chi connectivity index (χ2v) is 8.85. The molecule has 0 unspecified atom stereocenters. The number of morpholine rings is 1. The molecule has 3 aliphatic heterocycles. The first-order chi connectivity index (χ1) is 14.6. The van der Waals surface area contributed by atoms with Gasteiger partial charge in [-0.25, -0.2) is 4.79 Å². The minimum atomic E-state index is -0.566. The molecule has 4 atom stereocenters. The van der Waals surface area contributed by atoms with Crippen LogP contribution in [0.3, 0.4) is 0 Å². The fraction of sp³-hybridized carbons (Fsp3) is 0.636. The Labute approximate surface area is 176 Å². The maximum Gasteiger partial charge on any atom is 0.410 e. The van der Waals surface area contributed by atoms with Gasteiger partial charge in [0.2, 0.25) is 5.91 Å². The highest BCUT2D eigenvalue weighted by atomic mass is 16.6. The molecule has 1 saturated carbocycles. The number of hydrogen-bond donors (Lipinski definition) is 1. The Morgan fingerprint density at radius 3 is 2.60 bits per heavy atom. The van der Waals surface area contributed by atoms with Crippen molar-refractivity contribution in [3.63, 3.8) is 0 Å². The zero-order valence-corrected chi connectivity index (χ0v) is 17.1.